The molecular formula is C22H19NO2. The molecule has 124 valence electrons. The van der Waals surface area contributed by atoms with Crippen LogP contribution in [0.15, 0.2) is 84.9 Å². The smallest absolute Gasteiger partial charge is 0.187 e. The molecule has 25 heavy (non-hydrogen) atoms. The van der Waals surface area contributed by atoms with E-state index in [1.807, 2.05) is 61.5 Å². The molecule has 0 atom stereocenters. The number of anilines is 1. The molecule has 0 aliphatic rings. The third-order valence-electron chi connectivity index (χ3n) is 3.84. The number of ketones is 1. The van der Waals surface area contributed by atoms with E-state index in [1.54, 1.807) is 30.3 Å². The summed E-state index contributed by atoms with van der Waals surface area (Å²) in [5.74, 6) is 0.0487. The molecule has 0 aromatic heterocycles. The van der Waals surface area contributed by atoms with Crippen LogP contribution in [-0.2, 0) is 0 Å². The molecule has 0 saturated heterocycles. The number of nitrogens with one attached hydrogen (secondary N) is 1. The molecule has 0 aliphatic heterocycles. The van der Waals surface area contributed by atoms with E-state index >= 15 is 0 Å². The fourth-order valence-corrected chi connectivity index (χ4v) is 2.52. The predicted molar refractivity (Wildman–Crippen MR) is 102 cm³/mol. The maximum absolute atomic E-state index is 12.6. The molecule has 0 unspecified atom stereocenters. The molecule has 3 aromatic rings. The van der Waals surface area contributed by atoms with Crippen LogP contribution in [0.5, 0.6) is 5.75 Å². The van der Waals surface area contributed by atoms with Gasteiger partial charge in [-0.3, -0.25) is 4.79 Å². The summed E-state index contributed by atoms with van der Waals surface area (Å²) < 4.78 is 0. The van der Waals surface area contributed by atoms with Gasteiger partial charge in [0.2, 0.25) is 0 Å². The largest absolute Gasteiger partial charge is 0.506 e. The zero-order valence-corrected chi connectivity index (χ0v) is 13.9. The van der Waals surface area contributed by atoms with E-state index in [9.17, 15) is 9.90 Å². The molecule has 3 rings (SSSR count). The molecule has 3 heteroatoms. The number of benzene rings is 3. The van der Waals surface area contributed by atoms with Crippen LogP contribution in [0.3, 0.4) is 0 Å². The van der Waals surface area contributed by atoms with Crippen molar-refractivity contribution in [3.63, 3.8) is 0 Å². The van der Waals surface area contributed by atoms with Gasteiger partial charge >= 0.3 is 0 Å². The summed E-state index contributed by atoms with van der Waals surface area (Å²) in [7, 11) is 0. The fraction of sp³-hybridized carbons (Fsp3) is 0.0455. The van der Waals surface area contributed by atoms with E-state index in [0.29, 0.717) is 16.9 Å². The van der Waals surface area contributed by atoms with Crippen LogP contribution in [0.25, 0.3) is 5.70 Å². The molecule has 0 fully saturated rings. The van der Waals surface area contributed by atoms with Crippen molar-refractivity contribution in [3.8, 4) is 5.75 Å². The van der Waals surface area contributed by atoms with E-state index in [0.717, 1.165) is 11.1 Å². The summed E-state index contributed by atoms with van der Waals surface area (Å²) in [6.07, 6.45) is 1.56. The molecular weight excluding hydrogens is 310 g/mol. The van der Waals surface area contributed by atoms with E-state index in [-0.39, 0.29) is 11.5 Å². The minimum atomic E-state index is -0.0986. The Hall–Kier alpha value is -3.33. The van der Waals surface area contributed by atoms with Gasteiger partial charge in [0.05, 0.1) is 5.69 Å². The first-order chi connectivity index (χ1) is 12.1. The number of hydrogen-bond acceptors (Lipinski definition) is 3. The molecule has 0 spiro atoms. The summed E-state index contributed by atoms with van der Waals surface area (Å²) in [5.41, 5.74) is 3.64. The Labute approximate surface area is 147 Å². The minimum absolute atomic E-state index is 0.0986. The van der Waals surface area contributed by atoms with Crippen molar-refractivity contribution < 1.29 is 9.90 Å². The quantitative estimate of drug-likeness (QED) is 0.392. The highest BCUT2D eigenvalue weighted by Crippen LogP contribution is 2.28. The zero-order valence-electron chi connectivity index (χ0n) is 13.9. The lowest BCUT2D eigenvalue weighted by Gasteiger charge is -2.13. The van der Waals surface area contributed by atoms with E-state index in [1.165, 1.54) is 0 Å². The molecule has 0 heterocycles. The van der Waals surface area contributed by atoms with Crippen molar-refractivity contribution in [1.29, 1.82) is 0 Å². The Morgan fingerprint density at radius 2 is 1.48 bits per heavy atom. The summed E-state index contributed by atoms with van der Waals surface area (Å²) in [6, 6.07) is 24.1. The number of carbonyl (C=O) groups is 1. The average Bonchev–Trinajstić information content (AvgIpc) is 2.64. The van der Waals surface area contributed by atoms with Gasteiger partial charge in [0.1, 0.15) is 5.75 Å². The molecule has 0 amide bonds. The number of hydrogen-bond donors (Lipinski definition) is 2. The second-order valence-electron chi connectivity index (χ2n) is 5.80. The monoisotopic (exact) mass is 329 g/mol. The molecule has 0 aliphatic carbocycles. The van der Waals surface area contributed by atoms with Crippen molar-refractivity contribution in [3.05, 3.63) is 102 Å². The molecule has 2 N–H and O–H groups in total. The van der Waals surface area contributed by atoms with Gasteiger partial charge in [0, 0.05) is 17.3 Å². The Kier molecular flexibility index (Phi) is 4.95. The van der Waals surface area contributed by atoms with Crippen LogP contribution in [0.1, 0.15) is 21.5 Å². The second kappa shape index (κ2) is 7.49. The highest BCUT2D eigenvalue weighted by Gasteiger charge is 2.09. The normalized spacial score (nSPS) is 11.2. The molecule has 3 aromatic carbocycles. The maximum atomic E-state index is 12.6. The molecule has 3 nitrogen and oxygen atoms in total. The second-order valence-corrected chi connectivity index (χ2v) is 5.80. The molecule has 0 saturated carbocycles. The van der Waals surface area contributed by atoms with Gasteiger partial charge in [-0.05, 0) is 30.2 Å². The summed E-state index contributed by atoms with van der Waals surface area (Å²) >= 11 is 0. The topological polar surface area (TPSA) is 49.3 Å². The number of rotatable bonds is 5. The van der Waals surface area contributed by atoms with Crippen molar-refractivity contribution in [2.45, 2.75) is 6.92 Å². The lowest BCUT2D eigenvalue weighted by atomic mass is 10.1. The van der Waals surface area contributed by atoms with Gasteiger partial charge in [-0.2, -0.15) is 0 Å². The summed E-state index contributed by atoms with van der Waals surface area (Å²) in [6.45, 7) is 1.91. The fourth-order valence-electron chi connectivity index (χ4n) is 2.52. The first-order valence-electron chi connectivity index (χ1n) is 8.06. The lowest BCUT2D eigenvalue weighted by molar-refractivity contribution is 0.104. The highest BCUT2D eigenvalue weighted by molar-refractivity contribution is 6.09. The lowest BCUT2D eigenvalue weighted by Crippen LogP contribution is -2.04. The Morgan fingerprint density at radius 1 is 0.880 bits per heavy atom. The maximum Gasteiger partial charge on any atom is 0.187 e. The Balaban J connectivity index is 1.98. The predicted octanol–water partition coefficient (Wildman–Crippen LogP) is 5.04. The summed E-state index contributed by atoms with van der Waals surface area (Å²) in [5, 5.41) is 13.3. The van der Waals surface area contributed by atoms with E-state index in [4.69, 9.17) is 0 Å². The first-order valence-corrected chi connectivity index (χ1v) is 8.06. The van der Waals surface area contributed by atoms with Crippen LogP contribution in [0.4, 0.5) is 5.69 Å². The van der Waals surface area contributed by atoms with Gasteiger partial charge in [-0.1, -0.05) is 66.7 Å². The molecule has 0 bridgehead atoms. The van der Waals surface area contributed by atoms with Crippen LogP contribution in [-0.4, -0.2) is 10.9 Å². The van der Waals surface area contributed by atoms with Crippen molar-refractivity contribution >= 4 is 17.2 Å². The zero-order chi connectivity index (χ0) is 17.6. The number of aryl methyl sites for hydroxylation is 1. The van der Waals surface area contributed by atoms with Gasteiger partial charge in [-0.25, -0.2) is 0 Å². The van der Waals surface area contributed by atoms with Gasteiger partial charge in [-0.15, -0.1) is 0 Å². The van der Waals surface area contributed by atoms with Gasteiger partial charge in [0.25, 0.3) is 0 Å². The number of allylic oxidation sites excluding steroid dienone is 1. The Bertz CT molecular complexity index is 900. The van der Waals surface area contributed by atoms with E-state index < -0.39 is 0 Å². The van der Waals surface area contributed by atoms with Crippen LogP contribution in [0.2, 0.25) is 0 Å². The SMILES string of the molecule is Cc1ccc(N/C(=C\C(=O)c2ccccc2)c2ccccc2)c(O)c1. The third-order valence-corrected chi connectivity index (χ3v) is 3.84. The third kappa shape index (κ3) is 4.15. The van der Waals surface area contributed by atoms with Crippen molar-refractivity contribution in [1.82, 2.24) is 0 Å². The average molecular weight is 329 g/mol. The van der Waals surface area contributed by atoms with Gasteiger partial charge in [0.15, 0.2) is 5.78 Å². The van der Waals surface area contributed by atoms with Gasteiger partial charge < -0.3 is 10.4 Å². The standard InChI is InChI=1S/C22H19NO2/c1-16-12-13-19(22(25)14-16)23-20(17-8-4-2-5-9-17)15-21(24)18-10-6-3-7-11-18/h2-15,23,25H,1H3/b20-15-. The number of carbonyl (C=O) groups excluding carboxylic acids is 1. The number of phenolic OH excluding ortho intramolecular Hbond substituents is 1. The summed E-state index contributed by atoms with van der Waals surface area (Å²) in [4.78, 5) is 12.6. The number of aromatic hydroxyl groups is 1. The molecule has 0 radical (unpaired) electrons. The van der Waals surface area contributed by atoms with Crippen molar-refractivity contribution in [2.24, 2.45) is 0 Å². The first kappa shape index (κ1) is 16.5. The highest BCUT2D eigenvalue weighted by atomic mass is 16.3. The van der Waals surface area contributed by atoms with Crippen molar-refractivity contribution in [2.75, 3.05) is 5.32 Å². The van der Waals surface area contributed by atoms with Crippen LogP contribution in [0, 0.1) is 6.92 Å². The Morgan fingerprint density at radius 3 is 2.08 bits per heavy atom. The number of phenols is 1. The van der Waals surface area contributed by atoms with E-state index in [2.05, 4.69) is 5.32 Å². The van der Waals surface area contributed by atoms with Crippen LogP contribution < -0.4 is 5.32 Å². The van der Waals surface area contributed by atoms with Crippen LogP contribution >= 0.6 is 0 Å². The minimum Gasteiger partial charge on any atom is -0.506 e.